The third kappa shape index (κ3) is 5.18. The van der Waals surface area contributed by atoms with Crippen LogP contribution in [0, 0.1) is 0 Å². The van der Waals surface area contributed by atoms with Gasteiger partial charge in [-0.25, -0.2) is 0 Å². The first-order chi connectivity index (χ1) is 14.4. The number of benzene rings is 2. The van der Waals surface area contributed by atoms with Crippen LogP contribution in [0.2, 0.25) is 0 Å². The molecule has 0 spiro atoms. The van der Waals surface area contributed by atoms with Gasteiger partial charge in [0.25, 0.3) is 0 Å². The van der Waals surface area contributed by atoms with E-state index in [1.807, 2.05) is 6.07 Å². The minimum atomic E-state index is -4.97. The topological polar surface area (TPSA) is 49.4 Å². The van der Waals surface area contributed by atoms with Crippen molar-refractivity contribution in [2.45, 2.75) is 44.8 Å². The Morgan fingerprint density at radius 3 is 2.03 bits per heavy atom. The lowest BCUT2D eigenvalue weighted by molar-refractivity contribution is -0.143. The Morgan fingerprint density at radius 1 is 0.968 bits per heavy atom. The number of hydrogen-bond donors (Lipinski definition) is 1. The number of nitrogens with one attached hydrogen (secondary N) is 1. The molecule has 1 atom stereocenters. The number of nitrogens with zero attached hydrogens (tertiary/aromatic N) is 1. The fourth-order valence-corrected chi connectivity index (χ4v) is 3.52. The van der Waals surface area contributed by atoms with E-state index in [0.29, 0.717) is 12.1 Å². The third-order valence-corrected chi connectivity index (χ3v) is 5.07. The summed E-state index contributed by atoms with van der Waals surface area (Å²) in [6, 6.07) is 7.43. The summed E-state index contributed by atoms with van der Waals surface area (Å²) < 4.78 is 78.0. The molecule has 0 fully saturated rings. The maximum absolute atomic E-state index is 13.0. The predicted octanol–water partition coefficient (Wildman–Crippen LogP) is 4.31. The number of halogens is 6. The van der Waals surface area contributed by atoms with Gasteiger partial charge in [-0.3, -0.25) is 9.59 Å². The highest BCUT2D eigenvalue weighted by Gasteiger charge is 2.37. The molecule has 166 valence electrons. The lowest BCUT2D eigenvalue weighted by atomic mass is 9.93. The summed E-state index contributed by atoms with van der Waals surface area (Å²) in [5, 5.41) is 2.37. The van der Waals surface area contributed by atoms with Gasteiger partial charge < -0.3 is 10.2 Å². The molecule has 1 aliphatic heterocycles. The molecule has 0 radical (unpaired) electrons. The molecular formula is C21H18F6N2O2. The highest BCUT2D eigenvalue weighted by atomic mass is 19.4. The average molecular weight is 444 g/mol. The number of fused-ring (bicyclic) bond motifs is 1. The van der Waals surface area contributed by atoms with Crippen LogP contribution in [0.15, 0.2) is 42.5 Å². The zero-order valence-corrected chi connectivity index (χ0v) is 16.3. The second kappa shape index (κ2) is 8.24. The van der Waals surface area contributed by atoms with Gasteiger partial charge in [0.2, 0.25) is 11.8 Å². The van der Waals surface area contributed by atoms with E-state index in [-0.39, 0.29) is 30.5 Å². The molecule has 10 heteroatoms. The van der Waals surface area contributed by atoms with Gasteiger partial charge in [-0.15, -0.1) is 0 Å². The molecule has 2 amide bonds. The van der Waals surface area contributed by atoms with Crippen molar-refractivity contribution in [3.63, 3.8) is 0 Å². The summed E-state index contributed by atoms with van der Waals surface area (Å²) in [7, 11) is 0. The third-order valence-electron chi connectivity index (χ3n) is 5.07. The fraction of sp³-hybridized carbons (Fsp3) is 0.333. The van der Waals surface area contributed by atoms with Crippen molar-refractivity contribution in [3.8, 4) is 0 Å². The molecule has 4 nitrogen and oxygen atoms in total. The molecule has 0 bridgehead atoms. The van der Waals surface area contributed by atoms with Crippen molar-refractivity contribution < 1.29 is 35.9 Å². The molecule has 0 unspecified atom stereocenters. The quantitative estimate of drug-likeness (QED) is 0.718. The Hall–Kier alpha value is -3.04. The second-order valence-electron chi connectivity index (χ2n) is 7.27. The number of alkyl halides is 6. The molecule has 3 rings (SSSR count). The van der Waals surface area contributed by atoms with Gasteiger partial charge in [0.1, 0.15) is 6.04 Å². The van der Waals surface area contributed by atoms with Crippen molar-refractivity contribution in [3.05, 3.63) is 70.3 Å². The summed E-state index contributed by atoms with van der Waals surface area (Å²) in [5.74, 6) is -1.02. The zero-order valence-electron chi connectivity index (χ0n) is 16.3. The van der Waals surface area contributed by atoms with E-state index in [1.165, 1.54) is 11.8 Å². The van der Waals surface area contributed by atoms with E-state index >= 15 is 0 Å². The van der Waals surface area contributed by atoms with E-state index < -0.39 is 42.0 Å². The molecule has 1 heterocycles. The van der Waals surface area contributed by atoms with Crippen molar-refractivity contribution in [2.75, 3.05) is 0 Å². The van der Waals surface area contributed by atoms with E-state index in [1.54, 1.807) is 18.2 Å². The van der Waals surface area contributed by atoms with Crippen LogP contribution in [-0.4, -0.2) is 22.8 Å². The summed E-state index contributed by atoms with van der Waals surface area (Å²) >= 11 is 0. The van der Waals surface area contributed by atoms with Crippen LogP contribution in [0.1, 0.15) is 34.7 Å². The SMILES string of the molecule is CC(=O)N1Cc2ccccc2C[C@H]1C(=O)NCc1cc(C(F)(F)F)cc(C(F)(F)F)c1. The maximum atomic E-state index is 13.0. The van der Waals surface area contributed by atoms with Crippen LogP contribution in [0.4, 0.5) is 26.3 Å². The average Bonchev–Trinajstić information content (AvgIpc) is 2.69. The van der Waals surface area contributed by atoms with Gasteiger partial charge in [-0.1, -0.05) is 24.3 Å². The highest BCUT2D eigenvalue weighted by Crippen LogP contribution is 2.36. The molecule has 0 saturated carbocycles. The Labute approximate surface area is 173 Å². The normalized spacial score (nSPS) is 16.6. The minimum absolute atomic E-state index is 0.0286. The van der Waals surface area contributed by atoms with Gasteiger partial charge in [-0.2, -0.15) is 26.3 Å². The number of amides is 2. The smallest absolute Gasteiger partial charge is 0.350 e. The van der Waals surface area contributed by atoms with Crippen LogP contribution in [0.25, 0.3) is 0 Å². The molecule has 31 heavy (non-hydrogen) atoms. The molecule has 2 aromatic rings. The summed E-state index contributed by atoms with van der Waals surface area (Å²) in [4.78, 5) is 26.0. The summed E-state index contributed by atoms with van der Waals surface area (Å²) in [5.41, 5.74) is -1.54. The highest BCUT2D eigenvalue weighted by molar-refractivity contribution is 5.87. The van der Waals surface area contributed by atoms with Crippen molar-refractivity contribution in [1.29, 1.82) is 0 Å². The van der Waals surface area contributed by atoms with Crippen molar-refractivity contribution >= 4 is 11.8 Å². The first-order valence-corrected chi connectivity index (χ1v) is 9.26. The van der Waals surface area contributed by atoms with Gasteiger partial charge in [0, 0.05) is 26.4 Å². The number of carbonyl (C=O) groups excluding carboxylic acids is 2. The first-order valence-electron chi connectivity index (χ1n) is 9.26. The van der Waals surface area contributed by atoms with Gasteiger partial charge >= 0.3 is 12.4 Å². The summed E-state index contributed by atoms with van der Waals surface area (Å²) in [6.45, 7) is 0.928. The molecule has 0 saturated heterocycles. The van der Waals surface area contributed by atoms with Crippen LogP contribution in [0.3, 0.4) is 0 Å². The number of rotatable bonds is 3. The van der Waals surface area contributed by atoms with Crippen molar-refractivity contribution in [1.82, 2.24) is 10.2 Å². The first kappa shape index (κ1) is 22.6. The Balaban J connectivity index is 1.82. The van der Waals surface area contributed by atoms with Crippen LogP contribution in [0.5, 0.6) is 0 Å². The fourth-order valence-electron chi connectivity index (χ4n) is 3.52. The van der Waals surface area contributed by atoms with E-state index in [2.05, 4.69) is 5.32 Å². The molecule has 0 aliphatic carbocycles. The predicted molar refractivity (Wildman–Crippen MR) is 98.5 cm³/mol. The molecule has 1 N–H and O–H groups in total. The van der Waals surface area contributed by atoms with Crippen molar-refractivity contribution in [2.24, 2.45) is 0 Å². The second-order valence-corrected chi connectivity index (χ2v) is 7.27. The molecule has 1 aliphatic rings. The summed E-state index contributed by atoms with van der Waals surface area (Å²) in [6.07, 6.45) is -9.75. The monoisotopic (exact) mass is 444 g/mol. The Morgan fingerprint density at radius 2 is 1.52 bits per heavy atom. The number of hydrogen-bond acceptors (Lipinski definition) is 2. The van der Waals surface area contributed by atoms with Gasteiger partial charge in [-0.05, 0) is 34.9 Å². The van der Waals surface area contributed by atoms with Gasteiger partial charge in [0.05, 0.1) is 11.1 Å². The minimum Gasteiger partial charge on any atom is -0.350 e. The van der Waals surface area contributed by atoms with Crippen LogP contribution < -0.4 is 5.32 Å². The standard InChI is InChI=1S/C21H18F6N2O2/c1-12(30)29-11-15-5-3-2-4-14(15)8-18(29)19(31)28-10-13-6-16(20(22,23)24)9-17(7-13)21(25,26)27/h2-7,9,18H,8,10-11H2,1H3,(H,28,31)/t18-/m0/s1. The lowest BCUT2D eigenvalue weighted by Crippen LogP contribution is -2.51. The Kier molecular flexibility index (Phi) is 6.02. The van der Waals surface area contributed by atoms with Crippen LogP contribution in [-0.2, 0) is 41.5 Å². The molecule has 0 aromatic heterocycles. The maximum Gasteiger partial charge on any atom is 0.416 e. The zero-order chi connectivity index (χ0) is 23.0. The van der Waals surface area contributed by atoms with E-state index in [9.17, 15) is 35.9 Å². The Bertz CT molecular complexity index is 968. The number of carbonyl (C=O) groups is 2. The van der Waals surface area contributed by atoms with E-state index in [4.69, 9.17) is 0 Å². The molecular weight excluding hydrogens is 426 g/mol. The lowest BCUT2D eigenvalue weighted by Gasteiger charge is -2.35. The van der Waals surface area contributed by atoms with E-state index in [0.717, 1.165) is 11.1 Å². The largest absolute Gasteiger partial charge is 0.416 e. The van der Waals surface area contributed by atoms with Gasteiger partial charge in [0.15, 0.2) is 0 Å². The van der Waals surface area contributed by atoms with Crippen LogP contribution >= 0.6 is 0 Å². The molecule has 2 aromatic carbocycles.